The maximum absolute atomic E-state index is 11.7. The first-order valence-electron chi connectivity index (χ1n) is 4.25. The molecule has 1 rings (SSSR count). The molecular weight excluding hydrogens is 226 g/mol. The van der Waals surface area contributed by atoms with E-state index in [-0.39, 0.29) is 12.2 Å². The van der Waals surface area contributed by atoms with E-state index < -0.39 is 18.8 Å². The van der Waals surface area contributed by atoms with Crippen molar-refractivity contribution in [3.05, 3.63) is 34.9 Å². The molecule has 0 heterocycles. The van der Waals surface area contributed by atoms with Gasteiger partial charge in [0.05, 0.1) is 5.02 Å². The van der Waals surface area contributed by atoms with Crippen molar-refractivity contribution in [2.75, 3.05) is 13.2 Å². The summed E-state index contributed by atoms with van der Waals surface area (Å²) in [6, 6.07) is 6.41. The standard InChI is InChI=1S/C10H9ClF2O2/c11-8-4-2-1-3-7(8)9(14)5-15-6-10(12)13/h1-4,10H,5-6H2. The van der Waals surface area contributed by atoms with Crippen molar-refractivity contribution in [2.24, 2.45) is 0 Å². The molecule has 1 aromatic carbocycles. The highest BCUT2D eigenvalue weighted by Gasteiger charge is 2.11. The van der Waals surface area contributed by atoms with Crippen LogP contribution in [-0.2, 0) is 4.74 Å². The van der Waals surface area contributed by atoms with Gasteiger partial charge in [-0.25, -0.2) is 8.78 Å². The summed E-state index contributed by atoms with van der Waals surface area (Å²) in [7, 11) is 0. The first-order valence-corrected chi connectivity index (χ1v) is 4.62. The summed E-state index contributed by atoms with van der Waals surface area (Å²) in [4.78, 5) is 11.4. The van der Waals surface area contributed by atoms with Crippen molar-refractivity contribution in [3.8, 4) is 0 Å². The number of ketones is 1. The van der Waals surface area contributed by atoms with Gasteiger partial charge < -0.3 is 4.74 Å². The van der Waals surface area contributed by atoms with E-state index in [1.165, 1.54) is 6.07 Å². The van der Waals surface area contributed by atoms with E-state index in [0.29, 0.717) is 5.02 Å². The fourth-order valence-electron chi connectivity index (χ4n) is 1.01. The van der Waals surface area contributed by atoms with Crippen molar-refractivity contribution < 1.29 is 18.3 Å². The molecule has 0 aliphatic carbocycles. The van der Waals surface area contributed by atoms with Crippen molar-refractivity contribution in [1.82, 2.24) is 0 Å². The molecule has 0 fully saturated rings. The molecule has 0 aliphatic heterocycles. The molecule has 0 unspecified atom stereocenters. The molecule has 0 bridgehead atoms. The summed E-state index contributed by atoms with van der Waals surface area (Å²) in [5, 5.41) is 0.295. The fraction of sp³-hybridized carbons (Fsp3) is 0.300. The lowest BCUT2D eigenvalue weighted by Crippen LogP contribution is -2.13. The molecule has 0 N–H and O–H groups in total. The lowest BCUT2D eigenvalue weighted by molar-refractivity contribution is 0.0196. The van der Waals surface area contributed by atoms with Crippen LogP contribution in [0.4, 0.5) is 8.78 Å². The van der Waals surface area contributed by atoms with Crippen LogP contribution in [0.5, 0.6) is 0 Å². The molecule has 1 aromatic rings. The molecule has 0 aromatic heterocycles. The van der Waals surface area contributed by atoms with Gasteiger partial charge >= 0.3 is 0 Å². The summed E-state index contributed by atoms with van der Waals surface area (Å²) in [6.45, 7) is -1.12. The number of ether oxygens (including phenoxy) is 1. The molecule has 0 spiro atoms. The van der Waals surface area contributed by atoms with Gasteiger partial charge in [-0.3, -0.25) is 4.79 Å². The number of alkyl halides is 2. The molecule has 15 heavy (non-hydrogen) atoms. The zero-order valence-corrected chi connectivity index (χ0v) is 8.51. The second-order valence-electron chi connectivity index (χ2n) is 2.81. The summed E-state index contributed by atoms with van der Waals surface area (Å²) in [6.07, 6.45) is -2.57. The van der Waals surface area contributed by atoms with Crippen LogP contribution in [-0.4, -0.2) is 25.4 Å². The normalized spacial score (nSPS) is 10.7. The first kappa shape index (κ1) is 12.1. The van der Waals surface area contributed by atoms with Crippen LogP contribution in [0.15, 0.2) is 24.3 Å². The van der Waals surface area contributed by atoms with Gasteiger partial charge in [-0.15, -0.1) is 0 Å². The zero-order chi connectivity index (χ0) is 11.3. The number of benzene rings is 1. The average Bonchev–Trinajstić information content (AvgIpc) is 2.17. The number of carbonyl (C=O) groups is 1. The lowest BCUT2D eigenvalue weighted by atomic mass is 10.1. The number of Topliss-reactive ketones (excluding diaryl/α,β-unsaturated/α-hetero) is 1. The second kappa shape index (κ2) is 5.78. The lowest BCUT2D eigenvalue weighted by Gasteiger charge is -2.04. The molecule has 0 aliphatic rings. The summed E-state index contributed by atoms with van der Waals surface area (Å²) < 4.78 is 27.9. The fourth-order valence-corrected chi connectivity index (χ4v) is 1.25. The van der Waals surface area contributed by atoms with Crippen LogP contribution in [0.2, 0.25) is 5.02 Å². The van der Waals surface area contributed by atoms with Gasteiger partial charge in [0, 0.05) is 5.56 Å². The third-order valence-electron chi connectivity index (χ3n) is 1.65. The number of halogens is 3. The molecule has 0 atom stereocenters. The van der Waals surface area contributed by atoms with E-state index in [9.17, 15) is 13.6 Å². The minimum Gasteiger partial charge on any atom is -0.367 e. The Labute approximate surface area is 90.8 Å². The van der Waals surface area contributed by atoms with Crippen molar-refractivity contribution >= 4 is 17.4 Å². The van der Waals surface area contributed by atoms with Crippen molar-refractivity contribution in [3.63, 3.8) is 0 Å². The van der Waals surface area contributed by atoms with Gasteiger partial charge in [-0.05, 0) is 12.1 Å². The largest absolute Gasteiger partial charge is 0.367 e. The third-order valence-corrected chi connectivity index (χ3v) is 1.98. The second-order valence-corrected chi connectivity index (χ2v) is 3.22. The van der Waals surface area contributed by atoms with Gasteiger partial charge in [0.15, 0.2) is 5.78 Å². The molecule has 2 nitrogen and oxygen atoms in total. The van der Waals surface area contributed by atoms with Crippen LogP contribution in [0.25, 0.3) is 0 Å². The Kier molecular flexibility index (Phi) is 4.65. The van der Waals surface area contributed by atoms with E-state index >= 15 is 0 Å². The molecule has 0 saturated carbocycles. The molecule has 5 heteroatoms. The minimum absolute atomic E-state index is 0.286. The van der Waals surface area contributed by atoms with E-state index in [0.717, 1.165) is 0 Å². The van der Waals surface area contributed by atoms with Crippen molar-refractivity contribution in [1.29, 1.82) is 0 Å². The summed E-state index contributed by atoms with van der Waals surface area (Å²) >= 11 is 5.74. The van der Waals surface area contributed by atoms with E-state index in [1.807, 2.05) is 0 Å². The smallest absolute Gasteiger partial charge is 0.261 e. The predicted octanol–water partition coefficient (Wildman–Crippen LogP) is 2.80. The highest BCUT2D eigenvalue weighted by atomic mass is 35.5. The Balaban J connectivity index is 2.51. The average molecular weight is 235 g/mol. The number of hydrogen-bond donors (Lipinski definition) is 0. The van der Waals surface area contributed by atoms with Crippen LogP contribution < -0.4 is 0 Å². The first-order chi connectivity index (χ1) is 7.11. The van der Waals surface area contributed by atoms with Gasteiger partial charge in [0.25, 0.3) is 6.43 Å². The maximum atomic E-state index is 11.7. The summed E-state index contributed by atoms with van der Waals surface area (Å²) in [5.74, 6) is -0.402. The minimum atomic E-state index is -2.57. The van der Waals surface area contributed by atoms with Gasteiger partial charge in [0.2, 0.25) is 0 Å². The van der Waals surface area contributed by atoms with Gasteiger partial charge in [-0.1, -0.05) is 23.7 Å². The van der Waals surface area contributed by atoms with E-state index in [1.54, 1.807) is 18.2 Å². The zero-order valence-electron chi connectivity index (χ0n) is 7.75. The van der Waals surface area contributed by atoms with Crippen LogP contribution in [0.3, 0.4) is 0 Å². The van der Waals surface area contributed by atoms with Crippen molar-refractivity contribution in [2.45, 2.75) is 6.43 Å². The highest BCUT2D eigenvalue weighted by molar-refractivity contribution is 6.34. The Bertz CT molecular complexity index is 342. The maximum Gasteiger partial charge on any atom is 0.261 e. The van der Waals surface area contributed by atoms with Gasteiger partial charge in [-0.2, -0.15) is 0 Å². The van der Waals surface area contributed by atoms with Crippen LogP contribution in [0.1, 0.15) is 10.4 Å². The number of rotatable bonds is 5. The van der Waals surface area contributed by atoms with Gasteiger partial charge in [0.1, 0.15) is 13.2 Å². The molecule has 82 valence electrons. The highest BCUT2D eigenvalue weighted by Crippen LogP contribution is 2.15. The molecular formula is C10H9ClF2O2. The Hall–Kier alpha value is -1.00. The SMILES string of the molecule is O=C(COCC(F)F)c1ccccc1Cl. The molecule has 0 radical (unpaired) electrons. The quantitative estimate of drug-likeness (QED) is 0.733. The molecule has 0 amide bonds. The van der Waals surface area contributed by atoms with E-state index in [2.05, 4.69) is 4.74 Å². The Morgan fingerprint density at radius 3 is 2.67 bits per heavy atom. The van der Waals surface area contributed by atoms with E-state index in [4.69, 9.17) is 11.6 Å². The number of carbonyl (C=O) groups excluding carboxylic acids is 1. The van der Waals surface area contributed by atoms with Crippen LogP contribution in [0, 0.1) is 0 Å². The third kappa shape index (κ3) is 3.93. The molecule has 0 saturated heterocycles. The summed E-state index contributed by atoms with van der Waals surface area (Å²) in [5.41, 5.74) is 0.286. The predicted molar refractivity (Wildman–Crippen MR) is 52.6 cm³/mol. The number of hydrogen-bond acceptors (Lipinski definition) is 2. The topological polar surface area (TPSA) is 26.3 Å². The Morgan fingerprint density at radius 1 is 1.40 bits per heavy atom. The van der Waals surface area contributed by atoms with Crippen LogP contribution >= 0.6 is 11.6 Å². The Morgan fingerprint density at radius 2 is 2.07 bits per heavy atom. The monoisotopic (exact) mass is 234 g/mol.